The summed E-state index contributed by atoms with van der Waals surface area (Å²) in [5, 5.41) is 0. The van der Waals surface area contributed by atoms with Gasteiger partial charge in [0.15, 0.2) is 0 Å². The van der Waals surface area contributed by atoms with Crippen LogP contribution in [0.5, 0.6) is 0 Å². The van der Waals surface area contributed by atoms with Gasteiger partial charge in [-0.05, 0) is 45.2 Å². The molecule has 1 aromatic carbocycles. The van der Waals surface area contributed by atoms with Crippen LogP contribution in [0.15, 0.2) is 30.3 Å². The number of carbonyl (C=O) groups is 1. The lowest BCUT2D eigenvalue weighted by molar-refractivity contribution is 0.0286. The molecule has 1 saturated heterocycles. The van der Waals surface area contributed by atoms with E-state index in [1.54, 1.807) is 0 Å². The minimum atomic E-state index is -0.443. The first-order chi connectivity index (χ1) is 9.90. The third-order valence-electron chi connectivity index (χ3n) is 3.93. The van der Waals surface area contributed by atoms with E-state index < -0.39 is 5.60 Å². The summed E-state index contributed by atoms with van der Waals surface area (Å²) in [6, 6.07) is 10.3. The molecule has 0 aromatic heterocycles. The lowest BCUT2D eigenvalue weighted by Gasteiger charge is -2.26. The van der Waals surface area contributed by atoms with Gasteiger partial charge < -0.3 is 15.4 Å². The highest BCUT2D eigenvalue weighted by Gasteiger charge is 2.33. The van der Waals surface area contributed by atoms with Crippen LogP contribution < -0.4 is 5.73 Å². The fraction of sp³-hybridized carbons (Fsp3) is 0.588. The van der Waals surface area contributed by atoms with Gasteiger partial charge in [-0.3, -0.25) is 0 Å². The fourth-order valence-corrected chi connectivity index (χ4v) is 2.91. The number of nitrogens with two attached hydrogens (primary N) is 1. The Morgan fingerprint density at radius 1 is 1.38 bits per heavy atom. The molecule has 0 aliphatic carbocycles. The highest BCUT2D eigenvalue weighted by molar-refractivity contribution is 5.68. The molecule has 1 aliphatic heterocycles. The Morgan fingerprint density at radius 3 is 2.62 bits per heavy atom. The molecule has 4 heteroatoms. The number of ether oxygens (including phenoxy) is 1. The molecule has 21 heavy (non-hydrogen) atoms. The van der Waals surface area contributed by atoms with Gasteiger partial charge in [0, 0.05) is 19.0 Å². The molecule has 116 valence electrons. The Bertz CT molecular complexity index is 467. The maximum absolute atomic E-state index is 12.1. The standard InChI is InChI=1S/C17H26N2O2/c1-17(2,3)21-16(20)19-10-9-14(12-19)15(11-18)13-7-5-4-6-8-13/h4-8,14-15H,9-12,18H2,1-3H3. The van der Waals surface area contributed by atoms with Crippen molar-refractivity contribution in [1.29, 1.82) is 0 Å². The molecule has 2 rings (SSSR count). The van der Waals surface area contributed by atoms with E-state index in [1.165, 1.54) is 5.56 Å². The monoisotopic (exact) mass is 290 g/mol. The van der Waals surface area contributed by atoms with Crippen molar-refractivity contribution in [2.24, 2.45) is 11.7 Å². The second-order valence-electron chi connectivity index (χ2n) is 6.73. The summed E-state index contributed by atoms with van der Waals surface area (Å²) in [6.45, 7) is 7.77. The van der Waals surface area contributed by atoms with Crippen molar-refractivity contribution in [1.82, 2.24) is 4.90 Å². The SMILES string of the molecule is CC(C)(C)OC(=O)N1CCC(C(CN)c2ccccc2)C1. The quantitative estimate of drug-likeness (QED) is 0.931. The van der Waals surface area contributed by atoms with E-state index in [-0.39, 0.29) is 6.09 Å². The van der Waals surface area contributed by atoms with Crippen molar-refractivity contribution in [3.63, 3.8) is 0 Å². The number of benzene rings is 1. The number of nitrogens with zero attached hydrogens (tertiary/aromatic N) is 1. The summed E-state index contributed by atoms with van der Waals surface area (Å²) in [6.07, 6.45) is 0.768. The molecule has 1 heterocycles. The van der Waals surface area contributed by atoms with Crippen molar-refractivity contribution >= 4 is 6.09 Å². The zero-order valence-electron chi connectivity index (χ0n) is 13.2. The number of amides is 1. The van der Waals surface area contributed by atoms with Gasteiger partial charge in [0.2, 0.25) is 0 Å². The summed E-state index contributed by atoms with van der Waals surface area (Å²) < 4.78 is 5.44. The highest BCUT2D eigenvalue weighted by Crippen LogP contribution is 2.31. The van der Waals surface area contributed by atoms with Gasteiger partial charge >= 0.3 is 6.09 Å². The fourth-order valence-electron chi connectivity index (χ4n) is 2.91. The lowest BCUT2D eigenvalue weighted by Crippen LogP contribution is -2.36. The van der Waals surface area contributed by atoms with Gasteiger partial charge in [-0.1, -0.05) is 30.3 Å². The summed E-state index contributed by atoms with van der Waals surface area (Å²) in [7, 11) is 0. The van der Waals surface area contributed by atoms with Crippen molar-refractivity contribution in [3.8, 4) is 0 Å². The molecule has 0 radical (unpaired) electrons. The third kappa shape index (κ3) is 4.21. The molecular weight excluding hydrogens is 264 g/mol. The van der Waals surface area contributed by atoms with Gasteiger partial charge in [0.25, 0.3) is 0 Å². The van der Waals surface area contributed by atoms with E-state index in [9.17, 15) is 4.79 Å². The number of hydrogen-bond acceptors (Lipinski definition) is 3. The first-order valence-corrected chi connectivity index (χ1v) is 7.63. The Morgan fingerprint density at radius 2 is 2.05 bits per heavy atom. The van der Waals surface area contributed by atoms with Crippen LogP contribution in [0.4, 0.5) is 4.79 Å². The summed E-state index contributed by atoms with van der Waals surface area (Å²) in [5.41, 5.74) is 6.79. The summed E-state index contributed by atoms with van der Waals surface area (Å²) in [5.74, 6) is 0.712. The normalized spacial score (nSPS) is 20.4. The van der Waals surface area contributed by atoms with Crippen LogP contribution in [-0.2, 0) is 4.74 Å². The van der Waals surface area contributed by atoms with Crippen LogP contribution in [0.1, 0.15) is 38.7 Å². The van der Waals surface area contributed by atoms with Gasteiger partial charge in [0.1, 0.15) is 5.60 Å². The predicted molar refractivity (Wildman–Crippen MR) is 84.2 cm³/mol. The Kier molecular flexibility index (Phi) is 4.88. The zero-order chi connectivity index (χ0) is 15.5. The van der Waals surface area contributed by atoms with E-state index >= 15 is 0 Å². The number of hydrogen-bond donors (Lipinski definition) is 1. The maximum atomic E-state index is 12.1. The van der Waals surface area contributed by atoms with Gasteiger partial charge in [0.05, 0.1) is 0 Å². The Labute approximate surface area is 127 Å². The van der Waals surface area contributed by atoms with Gasteiger partial charge in [-0.15, -0.1) is 0 Å². The summed E-state index contributed by atoms with van der Waals surface area (Å²) >= 11 is 0. The van der Waals surface area contributed by atoms with E-state index in [0.717, 1.165) is 19.5 Å². The molecule has 0 bridgehead atoms. The topological polar surface area (TPSA) is 55.6 Å². The molecule has 0 spiro atoms. The molecular formula is C17H26N2O2. The van der Waals surface area contributed by atoms with Crippen LogP contribution in [0.3, 0.4) is 0 Å². The van der Waals surface area contributed by atoms with E-state index in [0.29, 0.717) is 18.4 Å². The minimum Gasteiger partial charge on any atom is -0.444 e. The van der Waals surface area contributed by atoms with Crippen LogP contribution in [0.2, 0.25) is 0 Å². The predicted octanol–water partition coefficient (Wildman–Crippen LogP) is 2.99. The molecule has 1 aliphatic rings. The molecule has 1 fully saturated rings. The minimum absolute atomic E-state index is 0.214. The first kappa shape index (κ1) is 15.8. The van der Waals surface area contributed by atoms with Crippen LogP contribution >= 0.6 is 0 Å². The zero-order valence-corrected chi connectivity index (χ0v) is 13.2. The van der Waals surface area contributed by atoms with Crippen molar-refractivity contribution in [3.05, 3.63) is 35.9 Å². The Balaban J connectivity index is 1.99. The van der Waals surface area contributed by atoms with Crippen LogP contribution in [0, 0.1) is 5.92 Å². The molecule has 1 aromatic rings. The maximum Gasteiger partial charge on any atom is 0.410 e. The highest BCUT2D eigenvalue weighted by atomic mass is 16.6. The number of carbonyl (C=O) groups excluding carboxylic acids is 1. The molecule has 0 saturated carbocycles. The molecule has 4 nitrogen and oxygen atoms in total. The van der Waals surface area contributed by atoms with E-state index in [1.807, 2.05) is 43.9 Å². The smallest absolute Gasteiger partial charge is 0.410 e. The molecule has 2 N–H and O–H groups in total. The number of likely N-dealkylation sites (tertiary alicyclic amines) is 1. The second kappa shape index (κ2) is 6.48. The van der Waals surface area contributed by atoms with Crippen LogP contribution in [0.25, 0.3) is 0 Å². The summed E-state index contributed by atoms with van der Waals surface area (Å²) in [4.78, 5) is 13.9. The number of rotatable bonds is 3. The van der Waals surface area contributed by atoms with Crippen molar-refractivity contribution in [2.75, 3.05) is 19.6 Å². The molecule has 2 unspecified atom stereocenters. The van der Waals surface area contributed by atoms with Crippen molar-refractivity contribution < 1.29 is 9.53 Å². The average molecular weight is 290 g/mol. The third-order valence-corrected chi connectivity index (χ3v) is 3.93. The average Bonchev–Trinajstić information content (AvgIpc) is 2.89. The first-order valence-electron chi connectivity index (χ1n) is 7.63. The van der Waals surface area contributed by atoms with Gasteiger partial charge in [-0.25, -0.2) is 4.79 Å². The lowest BCUT2D eigenvalue weighted by atomic mass is 9.85. The second-order valence-corrected chi connectivity index (χ2v) is 6.73. The van der Waals surface area contributed by atoms with Crippen LogP contribution in [-0.4, -0.2) is 36.2 Å². The van der Waals surface area contributed by atoms with Gasteiger partial charge in [-0.2, -0.15) is 0 Å². The largest absolute Gasteiger partial charge is 0.444 e. The van der Waals surface area contributed by atoms with E-state index in [2.05, 4.69) is 12.1 Å². The Hall–Kier alpha value is -1.55. The molecule has 2 atom stereocenters. The molecule has 1 amide bonds. The van der Waals surface area contributed by atoms with Crippen molar-refractivity contribution in [2.45, 2.75) is 38.7 Å². The van der Waals surface area contributed by atoms with E-state index in [4.69, 9.17) is 10.5 Å².